The number of thiophene rings is 1. The van der Waals surface area contributed by atoms with E-state index < -0.39 is 0 Å². The number of nitrogens with zero attached hydrogens (tertiary/aromatic N) is 1. The Kier molecular flexibility index (Phi) is 4.94. The highest BCUT2D eigenvalue weighted by Crippen LogP contribution is 2.20. The molecular formula is C14H13BrN2S. The molecule has 0 amide bonds. The summed E-state index contributed by atoms with van der Waals surface area (Å²) < 4.78 is 1.11. The van der Waals surface area contributed by atoms with Gasteiger partial charge in [0.1, 0.15) is 0 Å². The summed E-state index contributed by atoms with van der Waals surface area (Å²) in [5.41, 5.74) is 1.07. The Hall–Kier alpha value is -1.15. The van der Waals surface area contributed by atoms with Crippen LogP contribution in [0.5, 0.6) is 0 Å². The Morgan fingerprint density at radius 2 is 2.11 bits per heavy atom. The molecule has 1 atom stereocenters. The second-order valence-corrected chi connectivity index (χ2v) is 5.87. The van der Waals surface area contributed by atoms with Crippen LogP contribution in [0.3, 0.4) is 0 Å². The molecule has 1 unspecified atom stereocenters. The molecule has 0 saturated carbocycles. The highest BCUT2D eigenvalue weighted by Gasteiger charge is 2.09. The lowest BCUT2D eigenvalue weighted by Crippen LogP contribution is -2.19. The second-order valence-electron chi connectivity index (χ2n) is 3.95. The average molecular weight is 321 g/mol. The van der Waals surface area contributed by atoms with Crippen LogP contribution in [0.1, 0.15) is 16.4 Å². The van der Waals surface area contributed by atoms with E-state index in [1.807, 2.05) is 30.3 Å². The third-order valence-corrected chi connectivity index (χ3v) is 4.32. The average Bonchev–Trinajstić information content (AvgIpc) is 2.81. The zero-order chi connectivity index (χ0) is 12.8. The van der Waals surface area contributed by atoms with E-state index in [2.05, 4.69) is 38.8 Å². The summed E-state index contributed by atoms with van der Waals surface area (Å²) in [6.07, 6.45) is 0. The standard InChI is InChI=1S/C14H13BrN2S/c15-13-6-14(18-10-13)9-17-8-12(7-16)11-4-2-1-3-5-11/h1-6,10,12,17H,8-9H2. The first-order valence-corrected chi connectivity index (χ1v) is 7.35. The molecule has 18 heavy (non-hydrogen) atoms. The molecule has 0 aliphatic carbocycles. The largest absolute Gasteiger partial charge is 0.310 e. The Bertz CT molecular complexity index is 530. The second kappa shape index (κ2) is 6.69. The monoisotopic (exact) mass is 320 g/mol. The predicted molar refractivity (Wildman–Crippen MR) is 78.5 cm³/mol. The SMILES string of the molecule is N#CC(CNCc1cc(Br)cs1)c1ccccc1. The lowest BCUT2D eigenvalue weighted by Gasteiger charge is -2.10. The number of hydrogen-bond acceptors (Lipinski definition) is 3. The quantitative estimate of drug-likeness (QED) is 0.906. The van der Waals surface area contributed by atoms with E-state index in [9.17, 15) is 5.26 Å². The number of rotatable bonds is 5. The number of nitrogens with one attached hydrogen (secondary N) is 1. The smallest absolute Gasteiger partial charge is 0.0837 e. The van der Waals surface area contributed by atoms with E-state index in [1.54, 1.807) is 11.3 Å². The fraction of sp³-hybridized carbons (Fsp3) is 0.214. The van der Waals surface area contributed by atoms with Crippen LogP contribution < -0.4 is 5.32 Å². The maximum atomic E-state index is 9.19. The van der Waals surface area contributed by atoms with E-state index in [-0.39, 0.29) is 5.92 Å². The van der Waals surface area contributed by atoms with Gasteiger partial charge in [0.25, 0.3) is 0 Å². The van der Waals surface area contributed by atoms with Crippen molar-refractivity contribution >= 4 is 27.3 Å². The summed E-state index contributed by atoms with van der Waals surface area (Å²) in [4.78, 5) is 1.27. The maximum absolute atomic E-state index is 9.19. The molecule has 4 heteroatoms. The van der Waals surface area contributed by atoms with Crippen molar-refractivity contribution < 1.29 is 0 Å². The molecule has 2 rings (SSSR count). The van der Waals surface area contributed by atoms with Gasteiger partial charge in [0.05, 0.1) is 12.0 Å². The zero-order valence-electron chi connectivity index (χ0n) is 9.77. The molecule has 1 heterocycles. The van der Waals surface area contributed by atoms with Gasteiger partial charge in [-0.2, -0.15) is 5.26 Å². The van der Waals surface area contributed by atoms with Gasteiger partial charge in [-0.1, -0.05) is 30.3 Å². The minimum atomic E-state index is -0.0883. The van der Waals surface area contributed by atoms with Crippen molar-refractivity contribution in [1.82, 2.24) is 5.32 Å². The maximum Gasteiger partial charge on any atom is 0.0837 e. The molecule has 2 nitrogen and oxygen atoms in total. The van der Waals surface area contributed by atoms with Gasteiger partial charge >= 0.3 is 0 Å². The van der Waals surface area contributed by atoms with Gasteiger partial charge in [0.2, 0.25) is 0 Å². The van der Waals surface area contributed by atoms with Crippen molar-refractivity contribution in [3.05, 3.63) is 56.7 Å². The number of benzene rings is 1. The van der Waals surface area contributed by atoms with Crippen LogP contribution >= 0.6 is 27.3 Å². The highest BCUT2D eigenvalue weighted by atomic mass is 79.9. The van der Waals surface area contributed by atoms with E-state index in [0.29, 0.717) is 6.54 Å². The fourth-order valence-electron chi connectivity index (χ4n) is 1.71. The lowest BCUT2D eigenvalue weighted by atomic mass is 10.0. The van der Waals surface area contributed by atoms with E-state index in [1.165, 1.54) is 4.88 Å². The molecule has 1 N–H and O–H groups in total. The molecule has 0 spiro atoms. The number of halogens is 1. The van der Waals surface area contributed by atoms with Crippen molar-refractivity contribution in [2.75, 3.05) is 6.54 Å². The van der Waals surface area contributed by atoms with Gasteiger partial charge in [-0.25, -0.2) is 0 Å². The van der Waals surface area contributed by atoms with Crippen molar-refractivity contribution in [2.45, 2.75) is 12.5 Å². The van der Waals surface area contributed by atoms with Crippen molar-refractivity contribution in [2.24, 2.45) is 0 Å². The van der Waals surface area contributed by atoms with Gasteiger partial charge in [0.15, 0.2) is 0 Å². The van der Waals surface area contributed by atoms with Crippen LogP contribution in [0.15, 0.2) is 46.3 Å². The molecule has 0 aliphatic rings. The molecule has 0 saturated heterocycles. The minimum absolute atomic E-state index is 0.0883. The van der Waals surface area contributed by atoms with Gasteiger partial charge in [-0.15, -0.1) is 11.3 Å². The fourth-order valence-corrected chi connectivity index (χ4v) is 3.13. The molecular weight excluding hydrogens is 308 g/mol. The summed E-state index contributed by atoms with van der Waals surface area (Å²) in [6.45, 7) is 1.48. The van der Waals surface area contributed by atoms with Crippen LogP contribution in [-0.4, -0.2) is 6.54 Å². The van der Waals surface area contributed by atoms with Crippen LogP contribution in [0.4, 0.5) is 0 Å². The van der Waals surface area contributed by atoms with Crippen molar-refractivity contribution in [3.63, 3.8) is 0 Å². The first-order valence-electron chi connectivity index (χ1n) is 5.68. The summed E-state index contributed by atoms with van der Waals surface area (Å²) in [5, 5.41) is 14.6. The molecule has 0 bridgehead atoms. The summed E-state index contributed by atoms with van der Waals surface area (Å²) in [7, 11) is 0. The molecule has 1 aromatic carbocycles. The normalized spacial score (nSPS) is 12.0. The van der Waals surface area contributed by atoms with Gasteiger partial charge in [-0.05, 0) is 27.6 Å². The Morgan fingerprint density at radius 3 is 2.72 bits per heavy atom. The Balaban J connectivity index is 1.87. The summed E-state index contributed by atoms with van der Waals surface area (Å²) in [6, 6.07) is 14.3. The van der Waals surface area contributed by atoms with Crippen LogP contribution in [0, 0.1) is 11.3 Å². The highest BCUT2D eigenvalue weighted by molar-refractivity contribution is 9.10. The van der Waals surface area contributed by atoms with Crippen LogP contribution in [0.25, 0.3) is 0 Å². The number of nitriles is 1. The predicted octanol–water partition coefficient (Wildman–Crippen LogP) is 3.91. The third kappa shape index (κ3) is 3.67. The van der Waals surface area contributed by atoms with E-state index in [4.69, 9.17) is 0 Å². The van der Waals surface area contributed by atoms with Crippen molar-refractivity contribution in [3.8, 4) is 6.07 Å². The first kappa shape index (κ1) is 13.3. The van der Waals surface area contributed by atoms with Crippen LogP contribution in [-0.2, 0) is 6.54 Å². The summed E-state index contributed by atoms with van der Waals surface area (Å²) in [5.74, 6) is -0.0883. The Morgan fingerprint density at radius 1 is 1.33 bits per heavy atom. The van der Waals surface area contributed by atoms with E-state index in [0.717, 1.165) is 16.6 Å². The van der Waals surface area contributed by atoms with Crippen LogP contribution in [0.2, 0.25) is 0 Å². The number of hydrogen-bond donors (Lipinski definition) is 1. The third-order valence-electron chi connectivity index (χ3n) is 2.63. The lowest BCUT2D eigenvalue weighted by molar-refractivity contribution is 0.657. The van der Waals surface area contributed by atoms with Gasteiger partial charge in [-0.3, -0.25) is 0 Å². The molecule has 2 aromatic rings. The molecule has 0 aliphatic heterocycles. The first-order chi connectivity index (χ1) is 8.79. The summed E-state index contributed by atoms with van der Waals surface area (Å²) >= 11 is 5.15. The van der Waals surface area contributed by atoms with Crippen molar-refractivity contribution in [1.29, 1.82) is 5.26 Å². The molecule has 0 fully saturated rings. The Labute approximate surface area is 119 Å². The molecule has 1 aromatic heterocycles. The molecule has 92 valence electrons. The minimum Gasteiger partial charge on any atom is -0.310 e. The topological polar surface area (TPSA) is 35.8 Å². The zero-order valence-corrected chi connectivity index (χ0v) is 12.2. The van der Waals surface area contributed by atoms with E-state index >= 15 is 0 Å². The van der Waals surface area contributed by atoms with Gasteiger partial charge < -0.3 is 5.32 Å². The molecule has 0 radical (unpaired) electrons. The van der Waals surface area contributed by atoms with Gasteiger partial charge in [0, 0.05) is 27.8 Å².